The van der Waals surface area contributed by atoms with Crippen LogP contribution in [0.3, 0.4) is 0 Å². The van der Waals surface area contributed by atoms with Gasteiger partial charge in [-0.25, -0.2) is 8.42 Å². The van der Waals surface area contributed by atoms with E-state index in [9.17, 15) is 18.0 Å². The minimum Gasteiger partial charge on any atom is -0.354 e. The highest BCUT2D eigenvalue weighted by molar-refractivity contribution is 7.92. The number of nitrogens with zero attached hydrogens (tertiary/aromatic N) is 2. The number of rotatable bonds is 11. The third-order valence-electron chi connectivity index (χ3n) is 6.52. The van der Waals surface area contributed by atoms with E-state index in [1.165, 1.54) is 23.1 Å². The Hall–Kier alpha value is -3.36. The Labute approximate surface area is 236 Å². The number of benzene rings is 3. The minimum atomic E-state index is -4.14. The SMILES string of the molecule is CCCNC(=O)[C@H](C)N(Cc1ccc(C)cc1)C(=O)CN(c1ccc(C)c(Cl)c1)S(=O)(=O)c1ccc(C)cc1. The molecule has 0 bridgehead atoms. The third kappa shape index (κ3) is 7.61. The summed E-state index contributed by atoms with van der Waals surface area (Å²) in [6.07, 6.45) is 0.751. The van der Waals surface area contributed by atoms with E-state index < -0.39 is 28.5 Å². The number of aryl methyl sites for hydroxylation is 3. The molecule has 7 nitrogen and oxygen atoms in total. The van der Waals surface area contributed by atoms with Gasteiger partial charge in [-0.05, 0) is 69.5 Å². The van der Waals surface area contributed by atoms with Crippen molar-refractivity contribution in [1.29, 1.82) is 0 Å². The Kier molecular flexibility index (Phi) is 10.2. The zero-order chi connectivity index (χ0) is 28.7. The summed E-state index contributed by atoms with van der Waals surface area (Å²) in [7, 11) is -4.14. The fraction of sp³-hybridized carbons (Fsp3) is 0.333. The first-order valence-corrected chi connectivity index (χ1v) is 14.7. The zero-order valence-corrected chi connectivity index (χ0v) is 24.6. The quantitative estimate of drug-likeness (QED) is 0.335. The van der Waals surface area contributed by atoms with Gasteiger partial charge in [-0.3, -0.25) is 13.9 Å². The second-order valence-electron chi connectivity index (χ2n) is 9.73. The lowest BCUT2D eigenvalue weighted by atomic mass is 10.1. The maximum Gasteiger partial charge on any atom is 0.264 e. The molecule has 0 saturated heterocycles. The smallest absolute Gasteiger partial charge is 0.264 e. The highest BCUT2D eigenvalue weighted by atomic mass is 35.5. The highest BCUT2D eigenvalue weighted by Gasteiger charge is 2.32. The Morgan fingerprint density at radius 2 is 1.51 bits per heavy atom. The molecule has 0 aliphatic heterocycles. The van der Waals surface area contributed by atoms with E-state index in [0.717, 1.165) is 33.0 Å². The van der Waals surface area contributed by atoms with Gasteiger partial charge in [0.25, 0.3) is 10.0 Å². The predicted molar refractivity (Wildman–Crippen MR) is 156 cm³/mol. The van der Waals surface area contributed by atoms with Gasteiger partial charge >= 0.3 is 0 Å². The molecule has 1 atom stereocenters. The number of halogens is 1. The first kappa shape index (κ1) is 30.2. The molecule has 39 heavy (non-hydrogen) atoms. The molecule has 9 heteroatoms. The van der Waals surface area contributed by atoms with E-state index in [1.807, 2.05) is 52.0 Å². The Balaban J connectivity index is 2.04. The summed E-state index contributed by atoms with van der Waals surface area (Å²) in [4.78, 5) is 28.3. The lowest BCUT2D eigenvalue weighted by molar-refractivity contribution is -0.139. The Morgan fingerprint density at radius 1 is 0.923 bits per heavy atom. The van der Waals surface area contributed by atoms with Gasteiger partial charge in [-0.2, -0.15) is 0 Å². The largest absolute Gasteiger partial charge is 0.354 e. The monoisotopic (exact) mass is 569 g/mol. The van der Waals surface area contributed by atoms with Crippen LogP contribution in [0.2, 0.25) is 5.02 Å². The summed E-state index contributed by atoms with van der Waals surface area (Å²) < 4.78 is 28.8. The summed E-state index contributed by atoms with van der Waals surface area (Å²) in [5.41, 5.74) is 3.85. The first-order chi connectivity index (χ1) is 18.4. The maximum absolute atomic E-state index is 13.9. The van der Waals surface area contributed by atoms with Crippen molar-refractivity contribution in [3.8, 4) is 0 Å². The molecule has 2 amide bonds. The van der Waals surface area contributed by atoms with E-state index in [1.54, 1.807) is 31.2 Å². The van der Waals surface area contributed by atoms with Gasteiger partial charge in [0.15, 0.2) is 0 Å². The fourth-order valence-electron chi connectivity index (χ4n) is 3.97. The molecule has 0 aliphatic rings. The number of hydrogen-bond donors (Lipinski definition) is 1. The number of anilines is 1. The van der Waals surface area contributed by atoms with Gasteiger partial charge in [0.05, 0.1) is 10.6 Å². The van der Waals surface area contributed by atoms with Gasteiger partial charge in [0.1, 0.15) is 12.6 Å². The van der Waals surface area contributed by atoms with E-state index in [-0.39, 0.29) is 23.0 Å². The van der Waals surface area contributed by atoms with Gasteiger partial charge in [-0.15, -0.1) is 0 Å². The molecule has 1 N–H and O–H groups in total. The van der Waals surface area contributed by atoms with Crippen molar-refractivity contribution in [2.45, 2.75) is 58.5 Å². The maximum atomic E-state index is 13.9. The normalized spacial score (nSPS) is 12.1. The number of carbonyl (C=O) groups is 2. The molecule has 208 valence electrons. The van der Waals surface area contributed by atoms with Gasteiger partial charge in [0.2, 0.25) is 11.8 Å². The number of carbonyl (C=O) groups excluding carboxylic acids is 2. The van der Waals surface area contributed by atoms with E-state index >= 15 is 0 Å². The molecule has 0 unspecified atom stereocenters. The van der Waals surface area contributed by atoms with Gasteiger partial charge in [-0.1, -0.05) is 72.1 Å². The average Bonchev–Trinajstić information content (AvgIpc) is 2.91. The summed E-state index contributed by atoms with van der Waals surface area (Å²) in [5.74, 6) is -0.814. The van der Waals surface area contributed by atoms with Crippen LogP contribution in [0, 0.1) is 20.8 Å². The summed E-state index contributed by atoms with van der Waals surface area (Å²) >= 11 is 6.36. The van der Waals surface area contributed by atoms with E-state index in [2.05, 4.69) is 5.32 Å². The van der Waals surface area contributed by atoms with Crippen LogP contribution in [-0.2, 0) is 26.2 Å². The van der Waals surface area contributed by atoms with Gasteiger partial charge in [0, 0.05) is 18.1 Å². The molecule has 0 aromatic heterocycles. The van der Waals surface area contributed by atoms with Crippen molar-refractivity contribution in [2.75, 3.05) is 17.4 Å². The minimum absolute atomic E-state index is 0.0522. The predicted octanol–water partition coefficient (Wildman–Crippen LogP) is 5.40. The molecule has 0 aliphatic carbocycles. The van der Waals surface area contributed by atoms with Crippen molar-refractivity contribution in [3.63, 3.8) is 0 Å². The van der Waals surface area contributed by atoms with Crippen molar-refractivity contribution >= 4 is 39.1 Å². The lowest BCUT2D eigenvalue weighted by Gasteiger charge is -2.32. The van der Waals surface area contributed by atoms with Crippen LogP contribution in [0.25, 0.3) is 0 Å². The molecule has 0 heterocycles. The number of sulfonamides is 1. The molecule has 0 fully saturated rings. The highest BCUT2D eigenvalue weighted by Crippen LogP contribution is 2.28. The van der Waals surface area contributed by atoms with Gasteiger partial charge < -0.3 is 10.2 Å². The van der Waals surface area contributed by atoms with Crippen LogP contribution in [0.1, 0.15) is 42.5 Å². The molecular weight excluding hydrogens is 534 g/mol. The average molecular weight is 570 g/mol. The number of nitrogens with one attached hydrogen (secondary N) is 1. The lowest BCUT2D eigenvalue weighted by Crippen LogP contribution is -2.51. The molecule has 3 aromatic carbocycles. The molecule has 3 aromatic rings. The van der Waals surface area contributed by atoms with Crippen molar-refractivity contribution in [3.05, 3.63) is 94.0 Å². The second kappa shape index (κ2) is 13.1. The van der Waals surface area contributed by atoms with Crippen LogP contribution in [0.4, 0.5) is 5.69 Å². The van der Waals surface area contributed by atoms with E-state index in [4.69, 9.17) is 11.6 Å². The van der Waals surface area contributed by atoms with Crippen molar-refractivity contribution in [1.82, 2.24) is 10.2 Å². The summed E-state index contributed by atoms with van der Waals surface area (Å²) in [6, 6.07) is 18.2. The second-order valence-corrected chi connectivity index (χ2v) is 12.0. The summed E-state index contributed by atoms with van der Waals surface area (Å²) in [6.45, 7) is 9.36. The zero-order valence-electron chi connectivity index (χ0n) is 23.1. The summed E-state index contributed by atoms with van der Waals surface area (Å²) in [5, 5.41) is 3.22. The topological polar surface area (TPSA) is 86.8 Å². The molecule has 0 radical (unpaired) electrons. The number of amides is 2. The van der Waals surface area contributed by atoms with Crippen molar-refractivity contribution < 1.29 is 18.0 Å². The van der Waals surface area contributed by atoms with Crippen LogP contribution in [0.5, 0.6) is 0 Å². The molecule has 0 spiro atoms. The third-order valence-corrected chi connectivity index (χ3v) is 8.72. The molecule has 3 rings (SSSR count). The van der Waals surface area contributed by atoms with Crippen LogP contribution < -0.4 is 9.62 Å². The molecular formula is C30H36ClN3O4S. The Bertz CT molecular complexity index is 1410. The standard InChI is InChI=1S/C30H36ClN3O4S/c1-6-17-32-30(36)24(5)33(19-25-12-7-21(2)8-13-25)29(35)20-34(26-14-11-23(4)28(31)18-26)39(37,38)27-15-9-22(3)10-16-27/h7-16,18,24H,6,17,19-20H2,1-5H3,(H,32,36)/t24-/m0/s1. The van der Waals surface area contributed by atoms with Crippen molar-refractivity contribution in [2.24, 2.45) is 0 Å². The molecule has 0 saturated carbocycles. The fourth-order valence-corrected chi connectivity index (χ4v) is 5.55. The first-order valence-electron chi connectivity index (χ1n) is 12.9. The van der Waals surface area contributed by atoms with Crippen LogP contribution in [0.15, 0.2) is 71.6 Å². The Morgan fingerprint density at radius 3 is 2.08 bits per heavy atom. The van der Waals surface area contributed by atoms with Crippen LogP contribution >= 0.6 is 11.6 Å². The number of hydrogen-bond acceptors (Lipinski definition) is 4. The van der Waals surface area contributed by atoms with E-state index in [0.29, 0.717) is 11.6 Å². The van der Waals surface area contributed by atoms with Crippen LogP contribution in [-0.4, -0.2) is 44.3 Å².